The molecule has 19 heavy (non-hydrogen) atoms. The van der Waals surface area contributed by atoms with Gasteiger partial charge in [-0.1, -0.05) is 23.7 Å². The molecule has 0 bridgehead atoms. The molecule has 100 valence electrons. The van der Waals surface area contributed by atoms with Crippen LogP contribution < -0.4 is 4.72 Å². The fraction of sp³-hybridized carbons (Fsp3) is 0. The van der Waals surface area contributed by atoms with Crippen LogP contribution >= 0.6 is 11.6 Å². The number of hydrogen-bond acceptors (Lipinski definition) is 2. The monoisotopic (exact) mass is 303 g/mol. The Bertz CT molecular complexity index is 719. The van der Waals surface area contributed by atoms with Crippen molar-refractivity contribution in [1.29, 1.82) is 0 Å². The number of nitrogens with one attached hydrogen (secondary N) is 1. The second kappa shape index (κ2) is 5.14. The Kier molecular flexibility index (Phi) is 3.73. The lowest BCUT2D eigenvalue weighted by Gasteiger charge is -2.09. The van der Waals surface area contributed by atoms with Crippen molar-refractivity contribution in [3.8, 4) is 0 Å². The molecule has 0 aliphatic heterocycles. The molecule has 1 N–H and O–H groups in total. The van der Waals surface area contributed by atoms with Crippen molar-refractivity contribution in [1.82, 2.24) is 0 Å². The van der Waals surface area contributed by atoms with E-state index in [9.17, 15) is 17.2 Å². The Morgan fingerprint density at radius 2 is 1.68 bits per heavy atom. The van der Waals surface area contributed by atoms with E-state index in [1.807, 2.05) is 0 Å². The summed E-state index contributed by atoms with van der Waals surface area (Å²) in [5, 5.41) is 0.0394. The van der Waals surface area contributed by atoms with Gasteiger partial charge in [-0.3, -0.25) is 4.72 Å². The quantitative estimate of drug-likeness (QED) is 0.944. The molecule has 7 heteroatoms. The molecule has 0 spiro atoms. The summed E-state index contributed by atoms with van der Waals surface area (Å²) in [5.74, 6) is -2.19. The Labute approximate surface area is 113 Å². The Morgan fingerprint density at radius 1 is 1.00 bits per heavy atom. The zero-order chi connectivity index (χ0) is 14.0. The Hall–Kier alpha value is -1.66. The molecule has 2 aromatic carbocycles. The standard InChI is InChI=1S/C12H8ClF2NO2S/c13-9-3-1-2-4-12(9)19(17,18)16-8-5-6-10(14)11(15)7-8/h1-7,16H. The van der Waals surface area contributed by atoms with Gasteiger partial charge in [0, 0.05) is 6.07 Å². The number of hydrogen-bond donors (Lipinski definition) is 1. The summed E-state index contributed by atoms with van der Waals surface area (Å²) in [6, 6.07) is 8.52. The molecular weight excluding hydrogens is 296 g/mol. The maximum Gasteiger partial charge on any atom is 0.263 e. The molecule has 0 fully saturated rings. The smallest absolute Gasteiger partial charge is 0.263 e. The first-order valence-corrected chi connectivity index (χ1v) is 6.99. The molecule has 0 saturated heterocycles. The van der Waals surface area contributed by atoms with Gasteiger partial charge in [0.15, 0.2) is 11.6 Å². The van der Waals surface area contributed by atoms with Gasteiger partial charge in [0.2, 0.25) is 0 Å². The first kappa shape index (κ1) is 13.8. The van der Waals surface area contributed by atoms with E-state index in [0.29, 0.717) is 0 Å². The molecule has 0 aromatic heterocycles. The third-order valence-corrected chi connectivity index (χ3v) is 4.18. The van der Waals surface area contributed by atoms with E-state index in [2.05, 4.69) is 4.72 Å². The lowest BCUT2D eigenvalue weighted by Crippen LogP contribution is -2.13. The summed E-state index contributed by atoms with van der Waals surface area (Å²) in [7, 11) is -3.94. The molecule has 0 amide bonds. The van der Waals surface area contributed by atoms with Gasteiger partial charge in [0.05, 0.1) is 10.7 Å². The van der Waals surface area contributed by atoms with Crippen molar-refractivity contribution in [2.75, 3.05) is 4.72 Å². The van der Waals surface area contributed by atoms with Gasteiger partial charge in [-0.15, -0.1) is 0 Å². The Morgan fingerprint density at radius 3 is 2.32 bits per heavy atom. The average Bonchev–Trinajstić information content (AvgIpc) is 2.34. The van der Waals surface area contributed by atoms with Gasteiger partial charge in [-0.05, 0) is 24.3 Å². The van der Waals surface area contributed by atoms with E-state index >= 15 is 0 Å². The third-order valence-electron chi connectivity index (χ3n) is 2.30. The minimum atomic E-state index is -3.94. The SMILES string of the molecule is O=S(=O)(Nc1ccc(F)c(F)c1)c1ccccc1Cl. The van der Waals surface area contributed by atoms with Crippen LogP contribution in [0.4, 0.5) is 14.5 Å². The highest BCUT2D eigenvalue weighted by Crippen LogP contribution is 2.23. The van der Waals surface area contributed by atoms with Gasteiger partial charge in [-0.2, -0.15) is 0 Å². The lowest BCUT2D eigenvalue weighted by molar-refractivity contribution is 0.509. The van der Waals surface area contributed by atoms with Crippen molar-refractivity contribution in [2.24, 2.45) is 0 Å². The van der Waals surface area contributed by atoms with Gasteiger partial charge >= 0.3 is 0 Å². The molecule has 2 aromatic rings. The number of sulfonamides is 1. The van der Waals surface area contributed by atoms with Gasteiger partial charge in [0.1, 0.15) is 4.90 Å². The van der Waals surface area contributed by atoms with Crippen LogP contribution in [-0.2, 0) is 10.0 Å². The van der Waals surface area contributed by atoms with Gasteiger partial charge < -0.3 is 0 Å². The van der Waals surface area contributed by atoms with Crippen LogP contribution in [0, 0.1) is 11.6 Å². The molecule has 0 radical (unpaired) electrons. The predicted molar refractivity (Wildman–Crippen MR) is 68.6 cm³/mol. The zero-order valence-corrected chi connectivity index (χ0v) is 11.0. The maximum atomic E-state index is 13.0. The van der Waals surface area contributed by atoms with Crippen LogP contribution in [0.1, 0.15) is 0 Å². The second-order valence-corrected chi connectivity index (χ2v) is 5.72. The number of anilines is 1. The van der Waals surface area contributed by atoms with E-state index in [1.54, 1.807) is 6.07 Å². The highest BCUT2D eigenvalue weighted by molar-refractivity contribution is 7.92. The Balaban J connectivity index is 2.37. The van der Waals surface area contributed by atoms with Crippen molar-refractivity contribution in [2.45, 2.75) is 4.90 Å². The normalized spacial score (nSPS) is 11.3. The maximum absolute atomic E-state index is 13.0. The predicted octanol–water partition coefficient (Wildman–Crippen LogP) is 3.42. The summed E-state index contributed by atoms with van der Waals surface area (Å²) in [4.78, 5) is -0.138. The number of benzene rings is 2. The summed E-state index contributed by atoms with van der Waals surface area (Å²) in [5.41, 5.74) is -0.0844. The molecule has 0 saturated carbocycles. The molecule has 0 aliphatic rings. The summed E-state index contributed by atoms with van der Waals surface area (Å²) in [6.45, 7) is 0. The zero-order valence-electron chi connectivity index (χ0n) is 9.40. The van der Waals surface area contributed by atoms with Crippen LogP contribution in [0.3, 0.4) is 0 Å². The van der Waals surface area contributed by atoms with Crippen LogP contribution in [0.5, 0.6) is 0 Å². The van der Waals surface area contributed by atoms with E-state index in [1.165, 1.54) is 18.2 Å². The van der Waals surface area contributed by atoms with Crippen molar-refractivity contribution >= 4 is 27.3 Å². The third kappa shape index (κ3) is 3.02. The fourth-order valence-electron chi connectivity index (χ4n) is 1.43. The number of rotatable bonds is 3. The van der Waals surface area contributed by atoms with Crippen LogP contribution in [0.15, 0.2) is 47.4 Å². The molecule has 2 rings (SSSR count). The van der Waals surface area contributed by atoms with E-state index in [4.69, 9.17) is 11.6 Å². The molecule has 0 atom stereocenters. The molecule has 0 heterocycles. The summed E-state index contributed by atoms with van der Waals surface area (Å²) in [6.07, 6.45) is 0. The molecule has 0 aliphatic carbocycles. The number of halogens is 3. The van der Waals surface area contributed by atoms with Crippen molar-refractivity contribution < 1.29 is 17.2 Å². The minimum absolute atomic E-state index is 0.0394. The van der Waals surface area contributed by atoms with E-state index < -0.39 is 21.7 Å². The summed E-state index contributed by atoms with van der Waals surface area (Å²) >= 11 is 5.78. The van der Waals surface area contributed by atoms with Gasteiger partial charge in [-0.25, -0.2) is 17.2 Å². The summed E-state index contributed by atoms with van der Waals surface area (Å²) < 4.78 is 51.9. The van der Waals surface area contributed by atoms with E-state index in [0.717, 1.165) is 18.2 Å². The lowest BCUT2D eigenvalue weighted by atomic mass is 10.3. The molecule has 3 nitrogen and oxygen atoms in total. The van der Waals surface area contributed by atoms with Crippen molar-refractivity contribution in [3.05, 3.63) is 59.1 Å². The van der Waals surface area contributed by atoms with Crippen LogP contribution in [0.25, 0.3) is 0 Å². The van der Waals surface area contributed by atoms with E-state index in [-0.39, 0.29) is 15.6 Å². The van der Waals surface area contributed by atoms with Crippen LogP contribution in [-0.4, -0.2) is 8.42 Å². The van der Waals surface area contributed by atoms with Crippen LogP contribution in [0.2, 0.25) is 5.02 Å². The first-order valence-electron chi connectivity index (χ1n) is 5.12. The average molecular weight is 304 g/mol. The highest BCUT2D eigenvalue weighted by atomic mass is 35.5. The molecular formula is C12H8ClF2NO2S. The van der Waals surface area contributed by atoms with Crippen molar-refractivity contribution in [3.63, 3.8) is 0 Å². The first-order chi connectivity index (χ1) is 8.90. The van der Waals surface area contributed by atoms with Gasteiger partial charge in [0.25, 0.3) is 10.0 Å². The largest absolute Gasteiger partial charge is 0.279 e. The highest BCUT2D eigenvalue weighted by Gasteiger charge is 2.18. The fourth-order valence-corrected chi connectivity index (χ4v) is 3.00. The topological polar surface area (TPSA) is 46.2 Å². The molecule has 0 unspecified atom stereocenters. The second-order valence-electron chi connectivity index (χ2n) is 3.66. The minimum Gasteiger partial charge on any atom is -0.279 e.